The van der Waals surface area contributed by atoms with Crippen LogP contribution in [0, 0.1) is 0 Å². The monoisotopic (exact) mass is 278 g/mol. The van der Waals surface area contributed by atoms with Gasteiger partial charge in [0.25, 0.3) is 0 Å². The summed E-state index contributed by atoms with van der Waals surface area (Å²) in [5.41, 5.74) is 2.53. The van der Waals surface area contributed by atoms with Gasteiger partial charge < -0.3 is 10.4 Å². The van der Waals surface area contributed by atoms with Crippen LogP contribution in [0.25, 0.3) is 11.0 Å². The molecule has 2 N–H and O–H groups in total. The molecule has 1 atom stereocenters. The van der Waals surface area contributed by atoms with Crippen LogP contribution < -0.4 is 5.32 Å². The molecule has 1 fully saturated rings. The van der Waals surface area contributed by atoms with Gasteiger partial charge in [-0.25, -0.2) is 0 Å². The second kappa shape index (κ2) is 5.13. The van der Waals surface area contributed by atoms with Crippen molar-refractivity contribution in [2.45, 2.75) is 18.6 Å². The topological polar surface area (TPSA) is 61.3 Å². The predicted molar refractivity (Wildman–Crippen MR) is 76.2 cm³/mol. The van der Waals surface area contributed by atoms with E-state index in [0.29, 0.717) is 13.1 Å². The number of aliphatic hydroxyl groups is 1. The lowest BCUT2D eigenvalue weighted by atomic mass is 10.0. The molecule has 5 nitrogen and oxygen atoms in total. The molecule has 1 aliphatic rings. The molecular weight excluding hydrogens is 260 g/mol. The maximum absolute atomic E-state index is 10.4. The Morgan fingerprint density at radius 3 is 3.05 bits per heavy atom. The number of hydrogen-bond donors (Lipinski definition) is 2. The minimum Gasteiger partial charge on any atom is -0.387 e. The predicted octanol–water partition coefficient (Wildman–Crippen LogP) is 0.848. The van der Waals surface area contributed by atoms with E-state index in [1.165, 1.54) is 17.3 Å². The van der Waals surface area contributed by atoms with E-state index in [1.807, 2.05) is 13.1 Å². The number of fused-ring (bicyclic) bond motifs is 1. The first-order valence-corrected chi connectivity index (χ1v) is 7.21. The Bertz CT molecular complexity index is 565. The normalized spacial score (nSPS) is 23.5. The van der Waals surface area contributed by atoms with Gasteiger partial charge in [-0.2, -0.15) is 8.75 Å². The first kappa shape index (κ1) is 12.9. The minimum atomic E-state index is -0.582. The van der Waals surface area contributed by atoms with Crippen LogP contribution in [0.4, 0.5) is 0 Å². The van der Waals surface area contributed by atoms with E-state index >= 15 is 0 Å². The lowest BCUT2D eigenvalue weighted by Crippen LogP contribution is -2.42. The van der Waals surface area contributed by atoms with Gasteiger partial charge in [-0.05, 0) is 37.7 Å². The van der Waals surface area contributed by atoms with Crippen LogP contribution in [-0.4, -0.2) is 51.0 Å². The van der Waals surface area contributed by atoms with Gasteiger partial charge in [0.05, 0.1) is 17.3 Å². The van der Waals surface area contributed by atoms with Crippen molar-refractivity contribution in [3.05, 3.63) is 23.8 Å². The summed E-state index contributed by atoms with van der Waals surface area (Å²) in [5, 5.41) is 13.6. The first-order valence-electron chi connectivity index (χ1n) is 6.47. The van der Waals surface area contributed by atoms with E-state index in [9.17, 15) is 5.11 Å². The van der Waals surface area contributed by atoms with Crippen LogP contribution >= 0.6 is 11.7 Å². The smallest absolute Gasteiger partial charge is 0.105 e. The van der Waals surface area contributed by atoms with E-state index < -0.39 is 5.60 Å². The van der Waals surface area contributed by atoms with Gasteiger partial charge in [-0.3, -0.25) is 4.90 Å². The van der Waals surface area contributed by atoms with Gasteiger partial charge in [0.1, 0.15) is 11.0 Å². The summed E-state index contributed by atoms with van der Waals surface area (Å²) in [6.45, 7) is 3.09. The van der Waals surface area contributed by atoms with Crippen LogP contribution in [0.2, 0.25) is 0 Å². The Kier molecular flexibility index (Phi) is 3.49. The van der Waals surface area contributed by atoms with Crippen LogP contribution in [0.3, 0.4) is 0 Å². The summed E-state index contributed by atoms with van der Waals surface area (Å²) in [5.74, 6) is 0. The summed E-state index contributed by atoms with van der Waals surface area (Å²) in [4.78, 5) is 2.16. The molecule has 3 rings (SSSR count). The molecule has 1 aromatic heterocycles. The highest BCUT2D eigenvalue weighted by Crippen LogP contribution is 2.18. The van der Waals surface area contributed by atoms with Gasteiger partial charge in [-0.15, -0.1) is 0 Å². The first-order chi connectivity index (χ1) is 9.15. The fraction of sp³-hybridized carbons (Fsp3) is 0.538. The van der Waals surface area contributed by atoms with Crippen molar-refractivity contribution in [2.75, 3.05) is 26.7 Å². The average Bonchev–Trinajstić information content (AvgIpc) is 2.97. The largest absolute Gasteiger partial charge is 0.387 e. The molecule has 0 aliphatic carbocycles. The van der Waals surface area contributed by atoms with E-state index in [1.54, 1.807) is 0 Å². The van der Waals surface area contributed by atoms with Crippen LogP contribution in [0.1, 0.15) is 12.0 Å². The quantitative estimate of drug-likeness (QED) is 0.868. The molecule has 1 aromatic carbocycles. The van der Waals surface area contributed by atoms with E-state index in [4.69, 9.17) is 0 Å². The molecule has 6 heteroatoms. The average molecular weight is 278 g/mol. The summed E-state index contributed by atoms with van der Waals surface area (Å²) < 4.78 is 8.46. The second-order valence-corrected chi connectivity index (χ2v) is 5.94. The molecule has 0 amide bonds. The van der Waals surface area contributed by atoms with Gasteiger partial charge in [0.15, 0.2) is 0 Å². The molecule has 1 aliphatic heterocycles. The van der Waals surface area contributed by atoms with E-state index in [0.717, 1.165) is 30.5 Å². The molecule has 19 heavy (non-hydrogen) atoms. The lowest BCUT2D eigenvalue weighted by molar-refractivity contribution is 0.0264. The fourth-order valence-corrected chi connectivity index (χ4v) is 3.18. The number of β-amino-alcohol motifs (C(OH)–C–C–N with tert-alkyl or cyclic N) is 1. The molecule has 0 unspecified atom stereocenters. The molecular formula is C13H18N4OS. The SMILES string of the molecule is CN(Cc1ccc2nsnc2c1)C[C@@]1(O)CCNC1. The zero-order chi connectivity index (χ0) is 13.3. The van der Waals surface area contributed by atoms with Gasteiger partial charge in [0, 0.05) is 19.6 Å². The lowest BCUT2D eigenvalue weighted by Gasteiger charge is -2.28. The number of benzene rings is 1. The Morgan fingerprint density at radius 1 is 1.42 bits per heavy atom. The van der Waals surface area contributed by atoms with E-state index in [-0.39, 0.29) is 0 Å². The molecule has 2 heterocycles. The number of likely N-dealkylation sites (N-methyl/N-ethyl adjacent to an activating group) is 1. The molecule has 1 saturated heterocycles. The van der Waals surface area contributed by atoms with Crippen LogP contribution in [-0.2, 0) is 6.54 Å². The second-order valence-electron chi connectivity index (χ2n) is 5.41. The van der Waals surface area contributed by atoms with Gasteiger partial charge in [0.2, 0.25) is 0 Å². The van der Waals surface area contributed by atoms with Crippen molar-refractivity contribution in [1.82, 2.24) is 19.0 Å². The zero-order valence-corrected chi connectivity index (χ0v) is 11.8. The summed E-state index contributed by atoms with van der Waals surface area (Å²) in [6.07, 6.45) is 0.826. The van der Waals surface area contributed by atoms with Crippen molar-refractivity contribution in [3.8, 4) is 0 Å². The van der Waals surface area contributed by atoms with Gasteiger partial charge in [-0.1, -0.05) is 6.07 Å². The van der Waals surface area contributed by atoms with Gasteiger partial charge >= 0.3 is 0 Å². The summed E-state index contributed by atoms with van der Waals surface area (Å²) in [6, 6.07) is 6.16. The van der Waals surface area contributed by atoms with Crippen LogP contribution in [0.5, 0.6) is 0 Å². The highest BCUT2D eigenvalue weighted by Gasteiger charge is 2.31. The summed E-state index contributed by atoms with van der Waals surface area (Å²) in [7, 11) is 2.04. The Labute approximate surface area is 116 Å². The van der Waals surface area contributed by atoms with Crippen molar-refractivity contribution in [3.63, 3.8) is 0 Å². The number of nitrogens with zero attached hydrogens (tertiary/aromatic N) is 3. The maximum atomic E-state index is 10.4. The molecule has 2 aromatic rings. The molecule has 0 spiro atoms. The van der Waals surface area contributed by atoms with E-state index in [2.05, 4.69) is 31.1 Å². The third kappa shape index (κ3) is 2.92. The fourth-order valence-electron chi connectivity index (χ4n) is 2.66. The summed E-state index contributed by atoms with van der Waals surface area (Å²) >= 11 is 1.24. The number of hydrogen-bond acceptors (Lipinski definition) is 6. The Hall–Kier alpha value is -1.08. The zero-order valence-electron chi connectivity index (χ0n) is 11.0. The molecule has 0 bridgehead atoms. The third-order valence-electron chi connectivity index (χ3n) is 3.56. The third-order valence-corrected chi connectivity index (χ3v) is 4.11. The Morgan fingerprint density at radius 2 is 2.26 bits per heavy atom. The maximum Gasteiger partial charge on any atom is 0.105 e. The van der Waals surface area contributed by atoms with Crippen molar-refractivity contribution in [1.29, 1.82) is 0 Å². The van der Waals surface area contributed by atoms with Crippen molar-refractivity contribution >= 4 is 22.8 Å². The van der Waals surface area contributed by atoms with Crippen molar-refractivity contribution in [2.24, 2.45) is 0 Å². The highest BCUT2D eigenvalue weighted by atomic mass is 32.1. The number of rotatable bonds is 4. The highest BCUT2D eigenvalue weighted by molar-refractivity contribution is 7.00. The van der Waals surface area contributed by atoms with Crippen molar-refractivity contribution < 1.29 is 5.11 Å². The van der Waals surface area contributed by atoms with Crippen LogP contribution in [0.15, 0.2) is 18.2 Å². The number of aromatic nitrogens is 2. The Balaban J connectivity index is 1.66. The molecule has 0 saturated carbocycles. The molecule has 0 radical (unpaired) electrons. The number of nitrogens with one attached hydrogen (secondary N) is 1. The molecule has 102 valence electrons. The standard InChI is InChI=1S/C13H18N4OS/c1-17(9-13(18)4-5-14-8-13)7-10-2-3-11-12(6-10)16-19-15-11/h2-3,6,14,18H,4-5,7-9H2,1H3/t13-/m1/s1. The minimum absolute atomic E-state index is 0.582.